The molecule has 0 spiro atoms. The van der Waals surface area contributed by atoms with Crippen LogP contribution in [0.15, 0.2) is 29.2 Å². The van der Waals surface area contributed by atoms with Crippen molar-refractivity contribution in [1.82, 2.24) is 5.32 Å². The van der Waals surface area contributed by atoms with Crippen LogP contribution in [0.1, 0.15) is 13.8 Å². The molecule has 0 aromatic heterocycles. The molecule has 3 N–H and O–H groups in total. The predicted octanol–water partition coefficient (Wildman–Crippen LogP) is 1.61. The van der Waals surface area contributed by atoms with Gasteiger partial charge < -0.3 is 11.1 Å². The zero-order chi connectivity index (χ0) is 17.0. The summed E-state index contributed by atoms with van der Waals surface area (Å²) in [4.78, 5) is 11.9. The molecular weight excluding hydrogens is 363 g/mol. The summed E-state index contributed by atoms with van der Waals surface area (Å²) in [6.07, 6.45) is 1.85. The van der Waals surface area contributed by atoms with Gasteiger partial charge in [0.1, 0.15) is 5.82 Å². The number of thioether (sulfide) groups is 1. The van der Waals surface area contributed by atoms with Crippen LogP contribution in [0, 0.1) is 5.82 Å². The Balaban J connectivity index is 0.00000484. The Morgan fingerprint density at radius 3 is 2.35 bits per heavy atom. The molecule has 1 rings (SSSR count). The van der Waals surface area contributed by atoms with Gasteiger partial charge in [-0.15, -0.1) is 12.4 Å². The van der Waals surface area contributed by atoms with Crippen LogP contribution in [0.25, 0.3) is 0 Å². The number of benzene rings is 1. The largest absolute Gasteiger partial charge is 0.354 e. The van der Waals surface area contributed by atoms with Crippen LogP contribution in [0.4, 0.5) is 4.39 Å². The van der Waals surface area contributed by atoms with E-state index in [2.05, 4.69) is 5.32 Å². The maximum atomic E-state index is 12.8. The van der Waals surface area contributed by atoms with Gasteiger partial charge in [0.2, 0.25) is 5.91 Å². The van der Waals surface area contributed by atoms with E-state index in [0.29, 0.717) is 0 Å². The van der Waals surface area contributed by atoms with Crippen LogP contribution < -0.4 is 11.1 Å². The summed E-state index contributed by atoms with van der Waals surface area (Å²) in [5, 5.41) is 2.53. The highest BCUT2D eigenvalue weighted by Crippen LogP contribution is 2.24. The second kappa shape index (κ2) is 8.86. The molecule has 1 aromatic rings. The lowest BCUT2D eigenvalue weighted by Crippen LogP contribution is -2.52. The van der Waals surface area contributed by atoms with Gasteiger partial charge in [-0.05, 0) is 44.4 Å². The molecule has 9 heteroatoms. The van der Waals surface area contributed by atoms with E-state index in [1.165, 1.54) is 23.9 Å². The molecular formula is C14H22ClFN2O3S2. The first kappa shape index (κ1) is 22.2. The minimum atomic E-state index is -3.57. The molecule has 0 saturated carbocycles. The lowest BCUT2D eigenvalue weighted by molar-refractivity contribution is -0.122. The van der Waals surface area contributed by atoms with Gasteiger partial charge in [0, 0.05) is 11.3 Å². The van der Waals surface area contributed by atoms with Crippen molar-refractivity contribution < 1.29 is 17.6 Å². The Bertz CT molecular complexity index is 621. The van der Waals surface area contributed by atoms with Crippen molar-refractivity contribution in [3.63, 3.8) is 0 Å². The Labute approximate surface area is 146 Å². The van der Waals surface area contributed by atoms with Gasteiger partial charge >= 0.3 is 0 Å². The van der Waals surface area contributed by atoms with E-state index in [4.69, 9.17) is 5.73 Å². The van der Waals surface area contributed by atoms with Crippen molar-refractivity contribution >= 4 is 39.9 Å². The van der Waals surface area contributed by atoms with E-state index < -0.39 is 32.4 Å². The van der Waals surface area contributed by atoms with E-state index >= 15 is 0 Å². The SMILES string of the molecule is CSC(C)(C)[C@H](N)C(=O)NCCS(=O)(=O)c1ccc(F)cc1.Cl. The fraction of sp³-hybridized carbons (Fsp3) is 0.500. The lowest BCUT2D eigenvalue weighted by atomic mass is 10.0. The summed E-state index contributed by atoms with van der Waals surface area (Å²) in [5.74, 6) is -1.16. The standard InChI is InChI=1S/C14H21FN2O3S2.ClH/c1-14(2,21-3)12(16)13(18)17-8-9-22(19,20)11-6-4-10(15)5-7-11;/h4-7,12H,8-9,16H2,1-3H3,(H,17,18);1H/t12-;/m1./s1. The Morgan fingerprint density at radius 2 is 1.87 bits per heavy atom. The van der Waals surface area contributed by atoms with Crippen LogP contribution in [0.2, 0.25) is 0 Å². The summed E-state index contributed by atoms with van der Waals surface area (Å²) in [6.45, 7) is 3.64. The van der Waals surface area contributed by atoms with Crippen molar-refractivity contribution in [1.29, 1.82) is 0 Å². The average molecular weight is 385 g/mol. The highest BCUT2D eigenvalue weighted by atomic mass is 35.5. The number of sulfone groups is 1. The van der Waals surface area contributed by atoms with Crippen LogP contribution in [0.5, 0.6) is 0 Å². The van der Waals surface area contributed by atoms with Crippen LogP contribution >= 0.6 is 24.2 Å². The van der Waals surface area contributed by atoms with Gasteiger partial charge in [0.25, 0.3) is 0 Å². The molecule has 0 fully saturated rings. The number of carbonyl (C=O) groups excluding carboxylic acids is 1. The summed E-state index contributed by atoms with van der Waals surface area (Å²) in [6, 6.07) is 3.84. The van der Waals surface area contributed by atoms with Crippen molar-refractivity contribution in [2.24, 2.45) is 5.73 Å². The molecule has 5 nitrogen and oxygen atoms in total. The van der Waals surface area contributed by atoms with Crippen LogP contribution in [0.3, 0.4) is 0 Å². The summed E-state index contributed by atoms with van der Waals surface area (Å²) < 4.78 is 36.4. The topological polar surface area (TPSA) is 89.3 Å². The minimum Gasteiger partial charge on any atom is -0.354 e. The van der Waals surface area contributed by atoms with Crippen LogP contribution in [-0.2, 0) is 14.6 Å². The van der Waals surface area contributed by atoms with E-state index in [0.717, 1.165) is 12.1 Å². The number of amides is 1. The number of hydrogen-bond acceptors (Lipinski definition) is 5. The van der Waals surface area contributed by atoms with Gasteiger partial charge in [0.05, 0.1) is 16.7 Å². The first-order valence-corrected chi connectivity index (χ1v) is 9.54. The molecule has 0 bridgehead atoms. The molecule has 23 heavy (non-hydrogen) atoms. The third-order valence-corrected chi connectivity index (χ3v) is 6.44. The number of rotatable bonds is 7. The molecule has 0 aliphatic carbocycles. The van der Waals surface area contributed by atoms with Gasteiger partial charge in [-0.2, -0.15) is 11.8 Å². The Kier molecular flexibility index (Phi) is 8.54. The van der Waals surface area contributed by atoms with Gasteiger partial charge in [-0.25, -0.2) is 12.8 Å². The number of hydrogen-bond donors (Lipinski definition) is 2. The predicted molar refractivity (Wildman–Crippen MR) is 94.3 cm³/mol. The van der Waals surface area contributed by atoms with E-state index in [9.17, 15) is 17.6 Å². The molecule has 1 aromatic carbocycles. The third-order valence-electron chi connectivity index (χ3n) is 3.40. The quantitative estimate of drug-likeness (QED) is 0.697. The number of nitrogens with two attached hydrogens (primary N) is 1. The smallest absolute Gasteiger partial charge is 0.238 e. The van der Waals surface area contributed by atoms with Crippen molar-refractivity contribution in [3.8, 4) is 0 Å². The fourth-order valence-corrected chi connectivity index (χ4v) is 3.14. The number of nitrogens with one attached hydrogen (secondary N) is 1. The number of halogens is 2. The normalized spacial score (nSPS) is 13.1. The Morgan fingerprint density at radius 1 is 1.35 bits per heavy atom. The Hall–Kier alpha value is -0.830. The molecule has 0 radical (unpaired) electrons. The van der Waals surface area contributed by atoms with Crippen LogP contribution in [-0.4, -0.2) is 43.7 Å². The first-order valence-electron chi connectivity index (χ1n) is 6.67. The van der Waals surface area contributed by atoms with Gasteiger partial charge in [0.15, 0.2) is 9.84 Å². The highest BCUT2D eigenvalue weighted by molar-refractivity contribution is 8.00. The second-order valence-corrected chi connectivity index (χ2v) is 8.92. The maximum Gasteiger partial charge on any atom is 0.238 e. The van der Waals surface area contributed by atoms with E-state index in [1.54, 1.807) is 0 Å². The summed E-state index contributed by atoms with van der Waals surface area (Å²) in [5.41, 5.74) is 5.86. The van der Waals surface area contributed by atoms with Gasteiger partial charge in [-0.1, -0.05) is 0 Å². The first-order chi connectivity index (χ1) is 10.1. The molecule has 0 aliphatic rings. The zero-order valence-corrected chi connectivity index (χ0v) is 15.7. The fourth-order valence-electron chi connectivity index (χ4n) is 1.62. The van der Waals surface area contributed by atoms with E-state index in [1.807, 2.05) is 20.1 Å². The lowest BCUT2D eigenvalue weighted by Gasteiger charge is -2.28. The molecule has 0 saturated heterocycles. The second-order valence-electron chi connectivity index (χ2n) is 5.35. The molecule has 132 valence electrons. The molecule has 1 atom stereocenters. The highest BCUT2D eigenvalue weighted by Gasteiger charge is 2.31. The summed E-state index contributed by atoms with van der Waals surface area (Å²) in [7, 11) is -3.57. The zero-order valence-electron chi connectivity index (χ0n) is 13.2. The molecule has 1 amide bonds. The summed E-state index contributed by atoms with van der Waals surface area (Å²) >= 11 is 1.46. The maximum absolute atomic E-state index is 12.8. The third kappa shape index (κ3) is 6.29. The molecule has 0 unspecified atom stereocenters. The van der Waals surface area contributed by atoms with Gasteiger partial charge in [-0.3, -0.25) is 4.79 Å². The average Bonchev–Trinajstić information content (AvgIpc) is 2.46. The molecule has 0 aliphatic heterocycles. The molecule has 0 heterocycles. The van der Waals surface area contributed by atoms with Crippen molar-refractivity contribution in [3.05, 3.63) is 30.1 Å². The minimum absolute atomic E-state index is 0. The van der Waals surface area contributed by atoms with E-state index in [-0.39, 0.29) is 29.6 Å². The number of carbonyl (C=O) groups is 1. The monoisotopic (exact) mass is 384 g/mol. The van der Waals surface area contributed by atoms with Crippen molar-refractivity contribution in [2.75, 3.05) is 18.6 Å². The van der Waals surface area contributed by atoms with Crippen molar-refractivity contribution in [2.45, 2.75) is 29.5 Å².